The van der Waals surface area contributed by atoms with Gasteiger partial charge in [0.05, 0.1) is 11.1 Å². The van der Waals surface area contributed by atoms with Gasteiger partial charge in [0.15, 0.2) is 6.61 Å². The number of ether oxygens (including phenoxy) is 1. The van der Waals surface area contributed by atoms with Crippen molar-refractivity contribution < 1.29 is 27.1 Å². The minimum absolute atomic E-state index is 0.0338. The lowest BCUT2D eigenvalue weighted by Crippen LogP contribution is -2.40. The number of aromatic nitrogens is 2. The maximum atomic E-state index is 13.3. The third-order valence-electron chi connectivity index (χ3n) is 4.29. The number of hydrogen-bond acceptors (Lipinski definition) is 5. The molecule has 2 atom stereocenters. The van der Waals surface area contributed by atoms with Gasteiger partial charge < -0.3 is 14.5 Å². The predicted molar refractivity (Wildman–Crippen MR) is 88.0 cm³/mol. The van der Waals surface area contributed by atoms with Gasteiger partial charge in [-0.2, -0.15) is 0 Å². The van der Waals surface area contributed by atoms with Crippen LogP contribution in [0, 0.1) is 5.82 Å². The van der Waals surface area contributed by atoms with Gasteiger partial charge in [0.1, 0.15) is 17.5 Å². The Bertz CT molecular complexity index is 931. The lowest BCUT2D eigenvalue weighted by Gasteiger charge is -2.24. The van der Waals surface area contributed by atoms with E-state index in [0.717, 1.165) is 6.07 Å². The molecule has 1 amide bonds. The van der Waals surface area contributed by atoms with Crippen LogP contribution >= 0.6 is 11.6 Å². The van der Waals surface area contributed by atoms with Gasteiger partial charge in [-0.3, -0.25) is 4.79 Å². The molecule has 27 heavy (non-hydrogen) atoms. The van der Waals surface area contributed by atoms with Crippen LogP contribution in [-0.2, 0) is 4.79 Å². The highest BCUT2D eigenvalue weighted by Gasteiger charge is 2.61. The van der Waals surface area contributed by atoms with Crippen molar-refractivity contribution in [1.29, 1.82) is 0 Å². The van der Waals surface area contributed by atoms with Crippen LogP contribution in [0.1, 0.15) is 30.5 Å². The van der Waals surface area contributed by atoms with Gasteiger partial charge in [0, 0.05) is 24.5 Å². The highest BCUT2D eigenvalue weighted by atomic mass is 35.5. The average molecular weight is 400 g/mol. The Balaban J connectivity index is 1.26. The quantitative estimate of drug-likeness (QED) is 0.806. The Hall–Kier alpha value is -2.55. The van der Waals surface area contributed by atoms with E-state index < -0.39 is 23.6 Å². The smallest absolute Gasteiger partial charge is 0.260 e. The van der Waals surface area contributed by atoms with E-state index in [1.807, 2.05) is 0 Å². The van der Waals surface area contributed by atoms with E-state index in [0.29, 0.717) is 12.0 Å². The zero-order chi connectivity index (χ0) is 19.2. The summed E-state index contributed by atoms with van der Waals surface area (Å²) in [5.74, 6) is -4.48. The summed E-state index contributed by atoms with van der Waals surface area (Å²) in [7, 11) is 0. The normalized spacial score (nSPS) is 22.6. The standard InChI is InChI=1S/C17H13ClF3N3O3/c18-12-2-1-10(5-13(12)19)26-7-14(25)22-9-3-8(4-9)15-23-24-16(27-15)11-6-17(11,20)21/h1-3,5,9,11H,4,6-7H2,(H,22,25)/t9?,11-/m0/s1. The number of carbonyl (C=O) groups is 1. The van der Waals surface area contributed by atoms with Gasteiger partial charge in [0.25, 0.3) is 11.8 Å². The fourth-order valence-corrected chi connectivity index (χ4v) is 2.77. The molecule has 1 aromatic heterocycles. The Labute approximate surface area is 156 Å². The first-order chi connectivity index (χ1) is 12.8. The molecule has 1 aromatic carbocycles. The number of rotatable bonds is 6. The molecule has 2 aromatic rings. The zero-order valence-electron chi connectivity index (χ0n) is 13.7. The Morgan fingerprint density at radius 1 is 1.41 bits per heavy atom. The number of nitrogens with one attached hydrogen (secondary N) is 1. The molecule has 1 saturated carbocycles. The molecule has 4 rings (SSSR count). The van der Waals surface area contributed by atoms with Crippen molar-refractivity contribution in [3.63, 3.8) is 0 Å². The molecule has 0 spiro atoms. The van der Waals surface area contributed by atoms with Crippen LogP contribution < -0.4 is 10.1 Å². The fourth-order valence-electron chi connectivity index (χ4n) is 2.65. The molecule has 1 unspecified atom stereocenters. The molecule has 142 valence electrons. The van der Waals surface area contributed by atoms with Crippen LogP contribution in [0.3, 0.4) is 0 Å². The van der Waals surface area contributed by atoms with E-state index in [9.17, 15) is 18.0 Å². The average Bonchev–Trinajstić information content (AvgIpc) is 3.00. The summed E-state index contributed by atoms with van der Waals surface area (Å²) < 4.78 is 49.8. The van der Waals surface area contributed by atoms with Crippen LogP contribution in [0.2, 0.25) is 5.02 Å². The summed E-state index contributed by atoms with van der Waals surface area (Å²) in [6.07, 6.45) is 1.86. The van der Waals surface area contributed by atoms with Crippen LogP contribution in [0.15, 0.2) is 28.7 Å². The molecule has 0 aliphatic heterocycles. The van der Waals surface area contributed by atoms with Crippen molar-refractivity contribution in [2.45, 2.75) is 30.7 Å². The molecule has 6 nitrogen and oxygen atoms in total. The van der Waals surface area contributed by atoms with E-state index in [-0.39, 0.29) is 41.6 Å². The van der Waals surface area contributed by atoms with E-state index in [1.54, 1.807) is 6.08 Å². The summed E-state index contributed by atoms with van der Waals surface area (Å²) in [6.45, 7) is -0.289. The lowest BCUT2D eigenvalue weighted by molar-refractivity contribution is -0.123. The van der Waals surface area contributed by atoms with Crippen molar-refractivity contribution in [1.82, 2.24) is 15.5 Å². The number of alkyl halides is 2. The molecule has 10 heteroatoms. The van der Waals surface area contributed by atoms with E-state index in [1.165, 1.54) is 12.1 Å². The second-order valence-electron chi connectivity index (χ2n) is 6.40. The van der Waals surface area contributed by atoms with Crippen molar-refractivity contribution in [2.24, 2.45) is 0 Å². The second-order valence-corrected chi connectivity index (χ2v) is 6.81. The lowest BCUT2D eigenvalue weighted by atomic mass is 9.93. The first-order valence-corrected chi connectivity index (χ1v) is 8.49. The number of benzene rings is 1. The summed E-state index contributed by atoms with van der Waals surface area (Å²) in [6, 6.07) is 3.63. The molecule has 1 heterocycles. The molecule has 0 bridgehead atoms. The molecular weight excluding hydrogens is 387 g/mol. The molecule has 0 radical (unpaired) electrons. The largest absolute Gasteiger partial charge is 0.484 e. The summed E-state index contributed by atoms with van der Waals surface area (Å²) in [5, 5.41) is 10.1. The predicted octanol–water partition coefficient (Wildman–Crippen LogP) is 3.34. The fraction of sp³-hybridized carbons (Fsp3) is 0.353. The Kier molecular flexibility index (Phi) is 4.33. The van der Waals surface area contributed by atoms with Crippen LogP contribution in [0.25, 0.3) is 5.57 Å². The molecule has 2 aliphatic rings. The van der Waals surface area contributed by atoms with Crippen molar-refractivity contribution in [2.75, 3.05) is 6.61 Å². The van der Waals surface area contributed by atoms with Gasteiger partial charge in [0.2, 0.25) is 11.8 Å². The molecule has 2 aliphatic carbocycles. The van der Waals surface area contributed by atoms with Gasteiger partial charge >= 0.3 is 0 Å². The Morgan fingerprint density at radius 2 is 2.15 bits per heavy atom. The zero-order valence-corrected chi connectivity index (χ0v) is 14.5. The molecule has 1 fully saturated rings. The van der Waals surface area contributed by atoms with Gasteiger partial charge in [-0.05, 0) is 12.1 Å². The van der Waals surface area contributed by atoms with Crippen LogP contribution in [0.5, 0.6) is 5.75 Å². The monoisotopic (exact) mass is 399 g/mol. The van der Waals surface area contributed by atoms with Crippen molar-refractivity contribution in [3.8, 4) is 5.75 Å². The maximum Gasteiger partial charge on any atom is 0.260 e. The van der Waals surface area contributed by atoms with E-state index in [4.69, 9.17) is 20.8 Å². The van der Waals surface area contributed by atoms with Crippen molar-refractivity contribution in [3.05, 3.63) is 46.9 Å². The maximum absolute atomic E-state index is 13.3. The number of amides is 1. The summed E-state index contributed by atoms with van der Waals surface area (Å²) in [4.78, 5) is 11.9. The van der Waals surface area contributed by atoms with Crippen LogP contribution in [-0.4, -0.2) is 34.7 Å². The summed E-state index contributed by atoms with van der Waals surface area (Å²) >= 11 is 5.57. The SMILES string of the molecule is O=C(COc1ccc(Cl)c(F)c1)NC1C=C(c2nnc([C@@H]3CC3(F)F)o2)C1. The first kappa shape index (κ1) is 17.8. The third-order valence-corrected chi connectivity index (χ3v) is 4.60. The van der Waals surface area contributed by atoms with Gasteiger partial charge in [-0.25, -0.2) is 13.2 Å². The summed E-state index contributed by atoms with van der Waals surface area (Å²) in [5.41, 5.74) is 0.684. The Morgan fingerprint density at radius 3 is 2.81 bits per heavy atom. The number of nitrogens with zero attached hydrogens (tertiary/aromatic N) is 2. The first-order valence-electron chi connectivity index (χ1n) is 8.11. The second kappa shape index (κ2) is 6.56. The van der Waals surface area contributed by atoms with E-state index in [2.05, 4.69) is 15.5 Å². The number of halogens is 4. The highest BCUT2D eigenvalue weighted by molar-refractivity contribution is 6.30. The van der Waals surface area contributed by atoms with Crippen molar-refractivity contribution >= 4 is 23.1 Å². The van der Waals surface area contributed by atoms with E-state index >= 15 is 0 Å². The minimum Gasteiger partial charge on any atom is -0.484 e. The van der Waals surface area contributed by atoms with Crippen LogP contribution in [0.4, 0.5) is 13.2 Å². The minimum atomic E-state index is -2.76. The van der Waals surface area contributed by atoms with Gasteiger partial charge in [-0.15, -0.1) is 10.2 Å². The third kappa shape index (κ3) is 3.78. The molecular formula is C17H13ClF3N3O3. The highest BCUT2D eigenvalue weighted by Crippen LogP contribution is 2.55. The number of carbonyl (C=O) groups excluding carboxylic acids is 1. The molecule has 0 saturated heterocycles. The van der Waals surface area contributed by atoms with Gasteiger partial charge in [-0.1, -0.05) is 17.7 Å². The molecule has 1 N–H and O–H groups in total. The topological polar surface area (TPSA) is 77.2 Å². The number of hydrogen-bond donors (Lipinski definition) is 1.